The Morgan fingerprint density at radius 2 is 1.06 bits per heavy atom. The molecule has 0 saturated heterocycles. The maximum absolute atomic E-state index is 6.67. The third-order valence-corrected chi connectivity index (χ3v) is 10.5. The second kappa shape index (κ2) is 12.0. The van der Waals surface area contributed by atoms with E-state index in [1.165, 1.54) is 31.3 Å². The molecule has 4 heteroatoms. The number of benzene rings is 5. The standard InChI is InChI=1S/C31H24ClPS2/c32-30-22-29(34-23-24-10-4-1-5-11-24)20-21-31(30)35-28-18-16-27(17-19-28)33(25-12-6-2-7-13-25)26-14-8-3-9-15-26/h1-22H,23H2. The predicted octanol–water partition coefficient (Wildman–Crippen LogP) is 8.54. The Hall–Kier alpha value is -2.48. The zero-order valence-corrected chi connectivity index (χ0v) is 22.3. The van der Waals surface area contributed by atoms with Crippen molar-refractivity contribution in [2.75, 3.05) is 0 Å². The monoisotopic (exact) mass is 526 g/mol. The average Bonchev–Trinajstić information content (AvgIpc) is 2.92. The fraction of sp³-hybridized carbons (Fsp3) is 0.0323. The van der Waals surface area contributed by atoms with Crippen molar-refractivity contribution in [3.05, 3.63) is 144 Å². The maximum Gasteiger partial charge on any atom is 0.0556 e. The molecule has 0 aliphatic heterocycles. The third-order valence-electron chi connectivity index (χ3n) is 5.50. The van der Waals surface area contributed by atoms with E-state index in [-0.39, 0.29) is 0 Å². The minimum absolute atomic E-state index is 0.590. The number of thioether (sulfide) groups is 1. The first-order valence-corrected chi connectivity index (χ1v) is 14.9. The molecule has 0 spiro atoms. The molecule has 5 rings (SSSR count). The summed E-state index contributed by atoms with van der Waals surface area (Å²) in [5, 5.41) is 4.87. The van der Waals surface area contributed by atoms with Crippen LogP contribution in [0, 0.1) is 0 Å². The molecule has 0 bridgehead atoms. The van der Waals surface area contributed by atoms with Crippen molar-refractivity contribution in [1.82, 2.24) is 0 Å². The Kier molecular flexibility index (Phi) is 8.29. The Bertz CT molecular complexity index is 1320. The van der Waals surface area contributed by atoms with Gasteiger partial charge in [0.25, 0.3) is 0 Å². The fourth-order valence-electron chi connectivity index (χ4n) is 3.79. The van der Waals surface area contributed by atoms with Crippen LogP contribution in [0.2, 0.25) is 5.02 Å². The van der Waals surface area contributed by atoms with Gasteiger partial charge in [-0.15, -0.1) is 11.8 Å². The summed E-state index contributed by atoms with van der Waals surface area (Å²) >= 11 is 10.2. The number of hydrogen-bond donors (Lipinski definition) is 0. The van der Waals surface area contributed by atoms with Crippen LogP contribution in [0.25, 0.3) is 0 Å². The van der Waals surface area contributed by atoms with Gasteiger partial charge in [0.2, 0.25) is 0 Å². The highest BCUT2D eigenvalue weighted by molar-refractivity contribution is 7.99. The molecular formula is C31H24ClPS2. The smallest absolute Gasteiger partial charge is 0.0556 e. The van der Waals surface area contributed by atoms with Gasteiger partial charge in [0.05, 0.1) is 5.02 Å². The van der Waals surface area contributed by atoms with Crippen LogP contribution >= 0.6 is 43.0 Å². The maximum atomic E-state index is 6.67. The Labute approximate surface area is 222 Å². The van der Waals surface area contributed by atoms with E-state index in [0.717, 1.165) is 15.7 Å². The molecule has 0 N–H and O–H groups in total. The van der Waals surface area contributed by atoms with Crippen molar-refractivity contribution in [3.63, 3.8) is 0 Å². The first kappa shape index (κ1) is 24.2. The zero-order chi connectivity index (χ0) is 23.9. The first-order valence-electron chi connectivity index (χ1n) is 11.4. The van der Waals surface area contributed by atoms with Gasteiger partial charge in [0, 0.05) is 20.4 Å². The van der Waals surface area contributed by atoms with Crippen LogP contribution in [0.15, 0.2) is 148 Å². The van der Waals surface area contributed by atoms with Gasteiger partial charge in [-0.3, -0.25) is 0 Å². The van der Waals surface area contributed by atoms with Crippen LogP contribution in [-0.2, 0) is 5.75 Å². The van der Waals surface area contributed by atoms with Crippen molar-refractivity contribution in [3.8, 4) is 0 Å². The third kappa shape index (κ3) is 6.40. The van der Waals surface area contributed by atoms with Crippen LogP contribution in [0.3, 0.4) is 0 Å². The number of hydrogen-bond acceptors (Lipinski definition) is 2. The molecular weight excluding hydrogens is 503 g/mol. The Morgan fingerprint density at radius 3 is 1.63 bits per heavy atom. The second-order valence-corrected chi connectivity index (χ2v) is 12.8. The lowest BCUT2D eigenvalue weighted by Gasteiger charge is -2.19. The zero-order valence-electron chi connectivity index (χ0n) is 19.1. The van der Waals surface area contributed by atoms with Gasteiger partial charge in [0.15, 0.2) is 0 Å². The van der Waals surface area contributed by atoms with Crippen LogP contribution < -0.4 is 15.9 Å². The summed E-state index contributed by atoms with van der Waals surface area (Å²) in [6.45, 7) is 0. The topological polar surface area (TPSA) is 0 Å². The van der Waals surface area contributed by atoms with E-state index in [2.05, 4.69) is 127 Å². The summed E-state index contributed by atoms with van der Waals surface area (Å²) in [6.07, 6.45) is 0. The molecule has 0 amide bonds. The van der Waals surface area contributed by atoms with Crippen LogP contribution in [0.4, 0.5) is 0 Å². The summed E-state index contributed by atoms with van der Waals surface area (Å²) in [6, 6.07) is 47.5. The van der Waals surface area contributed by atoms with Crippen molar-refractivity contribution in [2.45, 2.75) is 20.4 Å². The minimum atomic E-state index is -0.590. The van der Waals surface area contributed by atoms with Crippen molar-refractivity contribution >= 4 is 59.0 Å². The van der Waals surface area contributed by atoms with Crippen LogP contribution in [0.1, 0.15) is 5.56 Å². The van der Waals surface area contributed by atoms with E-state index in [0.29, 0.717) is 0 Å². The SMILES string of the molecule is Clc1cc(SCc2ccccc2)ccc1Sc1ccc(P(c2ccccc2)c2ccccc2)cc1. The lowest BCUT2D eigenvalue weighted by Crippen LogP contribution is -2.20. The summed E-state index contributed by atoms with van der Waals surface area (Å²) in [4.78, 5) is 3.46. The van der Waals surface area contributed by atoms with E-state index in [1.54, 1.807) is 11.8 Å². The van der Waals surface area contributed by atoms with Gasteiger partial charge >= 0.3 is 0 Å². The van der Waals surface area contributed by atoms with Crippen molar-refractivity contribution < 1.29 is 0 Å². The van der Waals surface area contributed by atoms with Crippen LogP contribution in [-0.4, -0.2) is 0 Å². The molecule has 0 aliphatic carbocycles. The highest BCUT2D eigenvalue weighted by Gasteiger charge is 2.16. The highest BCUT2D eigenvalue weighted by atomic mass is 35.5. The summed E-state index contributed by atoms with van der Waals surface area (Å²) in [5.74, 6) is 0.941. The number of rotatable bonds is 8. The quantitative estimate of drug-likeness (QED) is 0.147. The van der Waals surface area contributed by atoms with E-state index in [1.807, 2.05) is 17.8 Å². The van der Waals surface area contributed by atoms with E-state index in [9.17, 15) is 0 Å². The molecule has 0 aliphatic rings. The molecule has 0 unspecified atom stereocenters. The van der Waals surface area contributed by atoms with Gasteiger partial charge in [-0.1, -0.05) is 126 Å². The molecule has 0 heterocycles. The molecule has 0 nitrogen and oxygen atoms in total. The van der Waals surface area contributed by atoms with Gasteiger partial charge < -0.3 is 0 Å². The van der Waals surface area contributed by atoms with Crippen molar-refractivity contribution in [1.29, 1.82) is 0 Å². The van der Waals surface area contributed by atoms with Gasteiger partial charge in [-0.2, -0.15) is 0 Å². The molecule has 35 heavy (non-hydrogen) atoms. The summed E-state index contributed by atoms with van der Waals surface area (Å²) in [7, 11) is -0.590. The lowest BCUT2D eigenvalue weighted by molar-refractivity contribution is 1.32. The van der Waals surface area contributed by atoms with E-state index in [4.69, 9.17) is 11.6 Å². The average molecular weight is 527 g/mol. The fourth-order valence-corrected chi connectivity index (χ4v) is 8.14. The highest BCUT2D eigenvalue weighted by Crippen LogP contribution is 2.38. The van der Waals surface area contributed by atoms with Crippen molar-refractivity contribution in [2.24, 2.45) is 0 Å². The molecule has 5 aromatic carbocycles. The molecule has 0 atom stereocenters. The molecule has 0 fully saturated rings. The molecule has 172 valence electrons. The molecule has 5 aromatic rings. The minimum Gasteiger partial charge on any atom is -0.121 e. The molecule has 0 aromatic heterocycles. The lowest BCUT2D eigenvalue weighted by atomic mass is 10.2. The first-order chi connectivity index (χ1) is 17.3. The van der Waals surface area contributed by atoms with E-state index >= 15 is 0 Å². The van der Waals surface area contributed by atoms with Gasteiger partial charge in [-0.05, 0) is 59.7 Å². The van der Waals surface area contributed by atoms with Gasteiger partial charge in [-0.25, -0.2) is 0 Å². The Balaban J connectivity index is 1.31. The van der Waals surface area contributed by atoms with E-state index < -0.39 is 7.92 Å². The normalized spacial score (nSPS) is 11.0. The van der Waals surface area contributed by atoms with Crippen LogP contribution in [0.5, 0.6) is 0 Å². The predicted molar refractivity (Wildman–Crippen MR) is 157 cm³/mol. The number of halogens is 1. The molecule has 0 saturated carbocycles. The second-order valence-electron chi connectivity index (χ2n) is 7.97. The molecule has 0 radical (unpaired) electrons. The largest absolute Gasteiger partial charge is 0.121 e. The summed E-state index contributed by atoms with van der Waals surface area (Å²) < 4.78 is 0. The van der Waals surface area contributed by atoms with Gasteiger partial charge in [0.1, 0.15) is 0 Å². The summed E-state index contributed by atoms with van der Waals surface area (Å²) in [5.41, 5.74) is 1.32. The Morgan fingerprint density at radius 1 is 0.543 bits per heavy atom.